The quantitative estimate of drug-likeness (QED) is 0.446. The molecule has 2 fully saturated rings. The Kier molecular flexibility index (Phi) is 7.34. The van der Waals surface area contributed by atoms with Gasteiger partial charge in [-0.1, -0.05) is 17.7 Å². The van der Waals surface area contributed by atoms with Gasteiger partial charge in [-0.2, -0.15) is 5.10 Å². The molecule has 3 aromatic rings. The van der Waals surface area contributed by atoms with Crippen LogP contribution in [0.1, 0.15) is 72.7 Å². The summed E-state index contributed by atoms with van der Waals surface area (Å²) in [6.45, 7) is 5.99. The van der Waals surface area contributed by atoms with E-state index in [0.29, 0.717) is 58.6 Å². The minimum Gasteiger partial charge on any atom is -0.322 e. The van der Waals surface area contributed by atoms with Gasteiger partial charge in [-0.05, 0) is 81.3 Å². The van der Waals surface area contributed by atoms with Gasteiger partial charge in [-0.15, -0.1) is 0 Å². The molecule has 1 saturated heterocycles. The number of Topliss-reactive ketones (excluding diaryl/α,β-unsaturated/α-hetero) is 1. The van der Waals surface area contributed by atoms with Gasteiger partial charge >= 0.3 is 0 Å². The number of piperidine rings is 1. The second-order valence-electron chi connectivity index (χ2n) is 10.1. The first kappa shape index (κ1) is 24.8. The van der Waals surface area contributed by atoms with Crippen LogP contribution in [-0.2, 0) is 11.2 Å². The summed E-state index contributed by atoms with van der Waals surface area (Å²) >= 11 is 6.27. The lowest BCUT2D eigenvalue weighted by atomic mass is 9.84. The van der Waals surface area contributed by atoms with E-state index in [1.807, 2.05) is 19.1 Å². The Hall–Kier alpha value is -2.84. The molecule has 1 aliphatic heterocycles. The van der Waals surface area contributed by atoms with Crippen molar-refractivity contribution < 1.29 is 9.18 Å². The van der Waals surface area contributed by atoms with Gasteiger partial charge in [0.25, 0.3) is 0 Å². The summed E-state index contributed by atoms with van der Waals surface area (Å²) in [6, 6.07) is 6.03. The Bertz CT molecular complexity index is 1240. The maximum Gasteiger partial charge on any atom is 0.154 e. The Labute approximate surface area is 215 Å². The Balaban J connectivity index is 1.25. The molecule has 190 valence electrons. The van der Waals surface area contributed by atoms with E-state index in [1.54, 1.807) is 6.07 Å². The van der Waals surface area contributed by atoms with E-state index in [-0.39, 0.29) is 12.2 Å². The predicted molar refractivity (Wildman–Crippen MR) is 138 cm³/mol. The number of carbonyl (C=O) groups excluding carboxylic acids is 1. The van der Waals surface area contributed by atoms with Crippen LogP contribution in [0.25, 0.3) is 0 Å². The van der Waals surface area contributed by atoms with Crippen molar-refractivity contribution in [2.45, 2.75) is 70.8 Å². The van der Waals surface area contributed by atoms with Crippen molar-refractivity contribution in [1.82, 2.24) is 25.1 Å². The molecule has 9 heteroatoms. The number of nitrogens with zero attached hydrogens (tertiary/aromatic N) is 4. The number of benzene rings is 1. The minimum atomic E-state index is -0.222. The summed E-state index contributed by atoms with van der Waals surface area (Å²) in [5.74, 6) is 2.07. The van der Waals surface area contributed by atoms with Gasteiger partial charge in [0.15, 0.2) is 11.6 Å². The van der Waals surface area contributed by atoms with Crippen molar-refractivity contribution in [3.05, 3.63) is 63.4 Å². The first-order valence-corrected chi connectivity index (χ1v) is 13.1. The molecule has 2 aromatic heterocycles. The number of ketones is 1. The van der Waals surface area contributed by atoms with E-state index in [2.05, 4.69) is 37.3 Å². The number of anilines is 2. The largest absolute Gasteiger partial charge is 0.322 e. The summed E-state index contributed by atoms with van der Waals surface area (Å²) in [7, 11) is 0. The molecule has 1 saturated carbocycles. The lowest BCUT2D eigenvalue weighted by molar-refractivity contribution is -0.121. The molecule has 0 unspecified atom stereocenters. The van der Waals surface area contributed by atoms with Crippen LogP contribution in [0.3, 0.4) is 0 Å². The zero-order chi connectivity index (χ0) is 25.2. The van der Waals surface area contributed by atoms with E-state index in [1.165, 1.54) is 6.20 Å². The third-order valence-electron chi connectivity index (χ3n) is 7.53. The normalized spacial score (nSPS) is 18.1. The lowest BCUT2D eigenvalue weighted by Crippen LogP contribution is -2.42. The number of hydrogen-bond acceptors (Lipinski definition) is 6. The molecular formula is C27H32ClFN6O. The fourth-order valence-corrected chi connectivity index (χ4v) is 5.69. The fraction of sp³-hybridized carbons (Fsp3) is 0.481. The topological polar surface area (TPSA) is 86.8 Å². The highest BCUT2D eigenvalue weighted by Crippen LogP contribution is 2.34. The average molecular weight is 511 g/mol. The van der Waals surface area contributed by atoms with E-state index in [9.17, 15) is 4.79 Å². The van der Waals surface area contributed by atoms with E-state index >= 15 is 4.39 Å². The monoisotopic (exact) mass is 510 g/mol. The maximum atomic E-state index is 15.3. The number of likely N-dealkylation sites (tertiary alicyclic amines) is 1. The second-order valence-corrected chi connectivity index (χ2v) is 10.5. The predicted octanol–water partition coefficient (Wildman–Crippen LogP) is 5.63. The highest BCUT2D eigenvalue weighted by molar-refractivity contribution is 6.32. The summed E-state index contributed by atoms with van der Waals surface area (Å²) < 4.78 is 15.3. The van der Waals surface area contributed by atoms with E-state index < -0.39 is 0 Å². The van der Waals surface area contributed by atoms with Gasteiger partial charge in [-0.25, -0.2) is 14.4 Å². The summed E-state index contributed by atoms with van der Waals surface area (Å²) in [5, 5.41) is 10.5. The van der Waals surface area contributed by atoms with Crippen molar-refractivity contribution in [2.75, 3.05) is 18.4 Å². The molecular weight excluding hydrogens is 479 g/mol. The van der Waals surface area contributed by atoms with Gasteiger partial charge in [0.2, 0.25) is 0 Å². The average Bonchev–Trinajstić information content (AvgIpc) is 3.28. The number of rotatable bonds is 6. The van der Waals surface area contributed by atoms with Gasteiger partial charge < -0.3 is 10.2 Å². The van der Waals surface area contributed by atoms with Gasteiger partial charge in [-0.3, -0.25) is 9.89 Å². The lowest BCUT2D eigenvalue weighted by Gasteiger charge is -2.39. The summed E-state index contributed by atoms with van der Waals surface area (Å²) in [6.07, 6.45) is 7.24. The van der Waals surface area contributed by atoms with Crippen LogP contribution in [0.5, 0.6) is 0 Å². The van der Waals surface area contributed by atoms with Crippen LogP contribution < -0.4 is 5.32 Å². The molecule has 1 aliphatic carbocycles. The molecule has 7 nitrogen and oxygen atoms in total. The van der Waals surface area contributed by atoms with Crippen molar-refractivity contribution in [3.63, 3.8) is 0 Å². The van der Waals surface area contributed by atoms with Crippen LogP contribution in [0.2, 0.25) is 5.02 Å². The molecule has 0 amide bonds. The number of aromatic amines is 1. The number of hydrogen-bond donors (Lipinski definition) is 2. The van der Waals surface area contributed by atoms with Crippen molar-refractivity contribution in [3.8, 4) is 0 Å². The highest BCUT2D eigenvalue weighted by atomic mass is 35.5. The maximum absolute atomic E-state index is 15.3. The number of halogens is 2. The van der Waals surface area contributed by atoms with Crippen molar-refractivity contribution in [2.24, 2.45) is 0 Å². The molecule has 0 radical (unpaired) electrons. The van der Waals surface area contributed by atoms with Crippen LogP contribution in [-0.4, -0.2) is 50.0 Å². The number of aryl methyl sites for hydroxylation is 2. The van der Waals surface area contributed by atoms with Gasteiger partial charge in [0.05, 0.1) is 6.20 Å². The minimum absolute atomic E-state index is 0.222. The smallest absolute Gasteiger partial charge is 0.154 e. The molecule has 0 bridgehead atoms. The Morgan fingerprint density at radius 2 is 1.89 bits per heavy atom. The van der Waals surface area contributed by atoms with Gasteiger partial charge in [0, 0.05) is 37.1 Å². The first-order chi connectivity index (χ1) is 17.4. The SMILES string of the molecule is Cc1cc(Nc2nc(Cc3cc(C)c(C4CCN(C5CCC(=O)CC5)CC4)cc3F)ncc2Cl)n[nH]1. The molecule has 0 atom stereocenters. The van der Waals surface area contributed by atoms with Crippen molar-refractivity contribution in [1.29, 1.82) is 0 Å². The third-order valence-corrected chi connectivity index (χ3v) is 7.81. The fourth-order valence-electron chi connectivity index (χ4n) is 5.55. The van der Waals surface area contributed by atoms with Crippen LogP contribution in [0.15, 0.2) is 24.4 Å². The first-order valence-electron chi connectivity index (χ1n) is 12.7. The molecule has 2 N–H and O–H groups in total. The molecule has 0 spiro atoms. The highest BCUT2D eigenvalue weighted by Gasteiger charge is 2.29. The zero-order valence-corrected chi connectivity index (χ0v) is 21.5. The third kappa shape index (κ3) is 5.60. The van der Waals surface area contributed by atoms with E-state index in [4.69, 9.17) is 11.6 Å². The Morgan fingerprint density at radius 1 is 1.14 bits per heavy atom. The molecule has 5 rings (SSSR count). The van der Waals surface area contributed by atoms with Crippen LogP contribution in [0.4, 0.5) is 16.0 Å². The summed E-state index contributed by atoms with van der Waals surface area (Å²) in [4.78, 5) is 22.9. The molecule has 3 heterocycles. The molecule has 2 aliphatic rings. The van der Waals surface area contributed by atoms with Crippen molar-refractivity contribution >= 4 is 29.0 Å². The van der Waals surface area contributed by atoms with Crippen LogP contribution in [0, 0.1) is 19.7 Å². The molecule has 1 aromatic carbocycles. The van der Waals surface area contributed by atoms with E-state index in [0.717, 1.165) is 55.6 Å². The van der Waals surface area contributed by atoms with Gasteiger partial charge in [0.1, 0.15) is 22.4 Å². The standard InChI is InChI=1S/C27H32ClFN6O/c1-16-11-19(13-25-30-15-23(28)27(31-25)32-26-12-17(2)33-34-26)24(29)14-22(16)18-7-9-35(10-8-18)20-3-5-21(36)6-4-20/h11-12,14-15,18,20H,3-10,13H2,1-2H3,(H2,30,31,32,33,34). The summed E-state index contributed by atoms with van der Waals surface area (Å²) in [5.41, 5.74) is 3.69. The molecule has 36 heavy (non-hydrogen) atoms. The number of H-pyrrole nitrogens is 1. The zero-order valence-electron chi connectivity index (χ0n) is 20.8. The number of carbonyl (C=O) groups is 1. The Morgan fingerprint density at radius 3 is 2.58 bits per heavy atom. The second kappa shape index (κ2) is 10.6. The number of nitrogens with one attached hydrogen (secondary N) is 2. The van der Waals surface area contributed by atoms with Crippen LogP contribution >= 0.6 is 11.6 Å². The number of aromatic nitrogens is 4.